The van der Waals surface area contributed by atoms with Gasteiger partial charge in [-0.05, 0) is 37.5 Å². The fourth-order valence-corrected chi connectivity index (χ4v) is 3.45. The molecule has 0 saturated heterocycles. The summed E-state index contributed by atoms with van der Waals surface area (Å²) >= 11 is 5.70. The van der Waals surface area contributed by atoms with E-state index in [1.165, 1.54) is 30.5 Å². The molecule has 1 aliphatic rings. The SMILES string of the molecule is CC[C@@]1(O)CC[C@@](F)(C(=O)NCc2ccc(Cl)cc2F)c2cccnc21. The molecule has 4 nitrogen and oxygen atoms in total. The maximum atomic E-state index is 15.6. The first-order valence-electron chi connectivity index (χ1n) is 8.39. The van der Waals surface area contributed by atoms with Crippen LogP contribution in [0.4, 0.5) is 8.78 Å². The van der Waals surface area contributed by atoms with Gasteiger partial charge in [0.05, 0.1) is 5.69 Å². The summed E-state index contributed by atoms with van der Waals surface area (Å²) in [6.45, 7) is 1.62. The van der Waals surface area contributed by atoms with Gasteiger partial charge in [-0.2, -0.15) is 0 Å². The van der Waals surface area contributed by atoms with E-state index in [4.69, 9.17) is 11.6 Å². The van der Waals surface area contributed by atoms with Crippen LogP contribution >= 0.6 is 11.6 Å². The third-order valence-electron chi connectivity index (χ3n) is 4.96. The maximum absolute atomic E-state index is 15.6. The number of pyridine rings is 1. The van der Waals surface area contributed by atoms with Crippen LogP contribution in [-0.4, -0.2) is 16.0 Å². The van der Waals surface area contributed by atoms with Crippen molar-refractivity contribution in [2.75, 3.05) is 0 Å². The van der Waals surface area contributed by atoms with Crippen molar-refractivity contribution in [2.24, 2.45) is 0 Å². The van der Waals surface area contributed by atoms with Gasteiger partial charge in [-0.1, -0.05) is 30.7 Å². The second-order valence-electron chi connectivity index (χ2n) is 6.50. The molecule has 3 rings (SSSR count). The summed E-state index contributed by atoms with van der Waals surface area (Å²) < 4.78 is 29.5. The third kappa shape index (κ3) is 3.19. The van der Waals surface area contributed by atoms with Crippen LogP contribution in [0.2, 0.25) is 5.02 Å². The fourth-order valence-electron chi connectivity index (χ4n) is 3.29. The Bertz CT molecular complexity index is 848. The molecule has 1 aromatic carbocycles. The van der Waals surface area contributed by atoms with Gasteiger partial charge in [-0.3, -0.25) is 9.78 Å². The lowest BCUT2D eigenvalue weighted by Crippen LogP contribution is -2.47. The van der Waals surface area contributed by atoms with Crippen molar-refractivity contribution in [3.05, 3.63) is 64.2 Å². The molecule has 7 heteroatoms. The zero-order valence-corrected chi connectivity index (χ0v) is 15.0. The van der Waals surface area contributed by atoms with E-state index in [0.29, 0.717) is 6.42 Å². The zero-order valence-electron chi connectivity index (χ0n) is 14.2. The Hall–Kier alpha value is -2.05. The Kier molecular flexibility index (Phi) is 4.99. The summed E-state index contributed by atoms with van der Waals surface area (Å²) in [6, 6.07) is 7.06. The minimum Gasteiger partial charge on any atom is -0.384 e. The number of hydrogen-bond acceptors (Lipinski definition) is 3. The van der Waals surface area contributed by atoms with Crippen LogP contribution in [0.15, 0.2) is 36.5 Å². The maximum Gasteiger partial charge on any atom is 0.262 e. The average molecular weight is 381 g/mol. The van der Waals surface area contributed by atoms with Crippen molar-refractivity contribution in [3.63, 3.8) is 0 Å². The highest BCUT2D eigenvalue weighted by atomic mass is 35.5. The normalized spacial score (nSPS) is 24.8. The molecule has 1 amide bonds. The van der Waals surface area contributed by atoms with Gasteiger partial charge in [0.2, 0.25) is 5.67 Å². The predicted octanol–water partition coefficient (Wildman–Crippen LogP) is 3.75. The number of rotatable bonds is 4. The Balaban J connectivity index is 1.85. The molecule has 0 fully saturated rings. The number of halogens is 3. The van der Waals surface area contributed by atoms with E-state index in [-0.39, 0.29) is 41.2 Å². The van der Waals surface area contributed by atoms with Crippen molar-refractivity contribution in [1.29, 1.82) is 0 Å². The van der Waals surface area contributed by atoms with Gasteiger partial charge < -0.3 is 10.4 Å². The first-order valence-corrected chi connectivity index (χ1v) is 8.77. The number of carbonyl (C=O) groups excluding carboxylic acids is 1. The van der Waals surface area contributed by atoms with Gasteiger partial charge in [0.15, 0.2) is 0 Å². The number of hydrogen-bond donors (Lipinski definition) is 2. The van der Waals surface area contributed by atoms with Gasteiger partial charge >= 0.3 is 0 Å². The van der Waals surface area contributed by atoms with Crippen LogP contribution in [0.3, 0.4) is 0 Å². The highest BCUT2D eigenvalue weighted by Crippen LogP contribution is 2.46. The van der Waals surface area contributed by atoms with Crippen LogP contribution in [-0.2, 0) is 22.6 Å². The van der Waals surface area contributed by atoms with Crippen molar-refractivity contribution in [2.45, 2.75) is 44.0 Å². The molecule has 0 radical (unpaired) electrons. The van der Waals surface area contributed by atoms with Crippen LogP contribution in [0.5, 0.6) is 0 Å². The highest BCUT2D eigenvalue weighted by molar-refractivity contribution is 6.30. The number of carbonyl (C=O) groups is 1. The lowest BCUT2D eigenvalue weighted by molar-refractivity contribution is -0.137. The number of alkyl halides is 1. The second-order valence-corrected chi connectivity index (χ2v) is 6.94. The molecule has 1 heterocycles. The summed E-state index contributed by atoms with van der Waals surface area (Å²) in [5, 5.41) is 13.4. The van der Waals surface area contributed by atoms with Gasteiger partial charge in [0.25, 0.3) is 5.91 Å². The standard InChI is InChI=1S/C19H19ClF2N2O2/c1-2-18(26)7-8-19(22,14-4-3-9-23-16(14)18)17(25)24-11-12-5-6-13(20)10-15(12)21/h3-6,9-10,26H,2,7-8,11H2,1H3,(H,24,25)/t18-,19+/m1/s1. The van der Waals surface area contributed by atoms with E-state index in [9.17, 15) is 14.3 Å². The van der Waals surface area contributed by atoms with Gasteiger partial charge in [-0.25, -0.2) is 8.78 Å². The first-order chi connectivity index (χ1) is 12.3. The van der Waals surface area contributed by atoms with Crippen LogP contribution in [0, 0.1) is 5.82 Å². The van der Waals surface area contributed by atoms with Crippen molar-refractivity contribution < 1.29 is 18.7 Å². The smallest absolute Gasteiger partial charge is 0.262 e. The average Bonchev–Trinajstić information content (AvgIpc) is 2.64. The summed E-state index contributed by atoms with van der Waals surface area (Å²) in [5.74, 6) is -1.45. The monoisotopic (exact) mass is 380 g/mol. The molecule has 1 aliphatic carbocycles. The topological polar surface area (TPSA) is 62.2 Å². The number of benzene rings is 1. The minimum absolute atomic E-state index is 0.0599. The number of fused-ring (bicyclic) bond motifs is 1. The Morgan fingerprint density at radius 2 is 2.15 bits per heavy atom. The van der Waals surface area contributed by atoms with Crippen LogP contribution in [0.1, 0.15) is 43.0 Å². The van der Waals surface area contributed by atoms with Gasteiger partial charge in [-0.15, -0.1) is 0 Å². The summed E-state index contributed by atoms with van der Waals surface area (Å²) in [6.07, 6.45) is 1.73. The number of nitrogens with one attached hydrogen (secondary N) is 1. The molecule has 0 aliphatic heterocycles. The third-order valence-corrected chi connectivity index (χ3v) is 5.19. The molecule has 0 spiro atoms. The number of aliphatic hydroxyl groups is 1. The molecular formula is C19H19ClF2N2O2. The summed E-state index contributed by atoms with van der Waals surface area (Å²) in [7, 11) is 0. The van der Waals surface area contributed by atoms with Crippen molar-refractivity contribution in [1.82, 2.24) is 10.3 Å². The molecule has 0 saturated carbocycles. The molecule has 138 valence electrons. The van der Waals surface area contributed by atoms with Crippen LogP contribution in [0.25, 0.3) is 0 Å². The number of nitrogens with zero attached hydrogens (tertiary/aromatic N) is 1. The lowest BCUT2D eigenvalue weighted by Gasteiger charge is -2.39. The van der Waals surface area contributed by atoms with E-state index in [1.807, 2.05) is 0 Å². The van der Waals surface area contributed by atoms with Gasteiger partial charge in [0, 0.05) is 28.9 Å². The Morgan fingerprint density at radius 1 is 1.38 bits per heavy atom. The van der Waals surface area contributed by atoms with E-state index in [0.717, 1.165) is 6.07 Å². The predicted molar refractivity (Wildman–Crippen MR) is 93.7 cm³/mol. The second kappa shape index (κ2) is 6.93. The molecule has 0 bridgehead atoms. The fraction of sp³-hybridized carbons (Fsp3) is 0.368. The zero-order chi connectivity index (χ0) is 18.9. The molecular weight excluding hydrogens is 362 g/mol. The Morgan fingerprint density at radius 3 is 2.85 bits per heavy atom. The number of amides is 1. The van der Waals surface area contributed by atoms with E-state index >= 15 is 4.39 Å². The molecule has 0 unspecified atom stereocenters. The quantitative estimate of drug-likeness (QED) is 0.849. The van der Waals surface area contributed by atoms with Gasteiger partial charge in [0.1, 0.15) is 11.4 Å². The Labute approximate surface area is 155 Å². The summed E-state index contributed by atoms with van der Waals surface area (Å²) in [5.41, 5.74) is -3.13. The summed E-state index contributed by atoms with van der Waals surface area (Å²) in [4.78, 5) is 16.7. The highest BCUT2D eigenvalue weighted by Gasteiger charge is 2.51. The molecule has 2 atom stereocenters. The van der Waals surface area contributed by atoms with Crippen molar-refractivity contribution >= 4 is 17.5 Å². The van der Waals surface area contributed by atoms with Crippen molar-refractivity contribution in [3.8, 4) is 0 Å². The van der Waals surface area contributed by atoms with E-state index in [2.05, 4.69) is 10.3 Å². The lowest BCUT2D eigenvalue weighted by atomic mass is 9.73. The largest absolute Gasteiger partial charge is 0.384 e. The molecule has 1 aromatic heterocycles. The minimum atomic E-state index is -2.33. The van der Waals surface area contributed by atoms with E-state index < -0.39 is 23.0 Å². The molecule has 2 aromatic rings. The van der Waals surface area contributed by atoms with E-state index in [1.54, 1.807) is 6.92 Å². The molecule has 26 heavy (non-hydrogen) atoms. The number of aromatic nitrogens is 1. The van der Waals surface area contributed by atoms with Crippen LogP contribution < -0.4 is 5.32 Å². The first kappa shape index (κ1) is 18.7. The molecule has 2 N–H and O–H groups in total.